The van der Waals surface area contributed by atoms with E-state index in [1.165, 1.54) is 6.92 Å². The van der Waals surface area contributed by atoms with Crippen molar-refractivity contribution in [2.45, 2.75) is 32.7 Å². The lowest BCUT2D eigenvalue weighted by atomic mass is 10.2. The third-order valence-corrected chi connectivity index (χ3v) is 2.74. The minimum Gasteiger partial charge on any atom is -0.480 e. The van der Waals surface area contributed by atoms with Crippen LogP contribution in [0.2, 0.25) is 5.02 Å². The highest BCUT2D eigenvalue weighted by Crippen LogP contribution is 2.30. The van der Waals surface area contributed by atoms with Crippen molar-refractivity contribution < 1.29 is 18.7 Å². The van der Waals surface area contributed by atoms with Crippen molar-refractivity contribution in [3.63, 3.8) is 0 Å². The van der Waals surface area contributed by atoms with Crippen molar-refractivity contribution in [3.8, 4) is 0 Å². The normalized spacial score (nSPS) is 13.1. The van der Waals surface area contributed by atoms with Crippen molar-refractivity contribution >= 4 is 17.6 Å². The van der Waals surface area contributed by atoms with Gasteiger partial charge in [-0.05, 0) is 13.3 Å². The van der Waals surface area contributed by atoms with Crippen LogP contribution < -0.4 is 0 Å². The molecule has 7 heteroatoms. The Bertz CT molecular complexity index is 406. The minimum atomic E-state index is -2.81. The van der Waals surface area contributed by atoms with Crippen LogP contribution in [0.25, 0.3) is 0 Å². The monoisotopic (exact) mass is 252 g/mol. The number of nitrogens with zero attached hydrogens (tertiary/aromatic N) is 2. The van der Waals surface area contributed by atoms with Crippen LogP contribution in [-0.2, 0) is 4.79 Å². The number of aromatic nitrogens is 2. The second-order valence-electron chi connectivity index (χ2n) is 3.29. The first-order valence-electron chi connectivity index (χ1n) is 4.65. The number of rotatable bonds is 4. The number of hydrogen-bond donors (Lipinski definition) is 1. The van der Waals surface area contributed by atoms with Crippen molar-refractivity contribution in [3.05, 3.63) is 16.4 Å². The maximum absolute atomic E-state index is 12.5. The molecule has 90 valence electrons. The summed E-state index contributed by atoms with van der Waals surface area (Å²) in [7, 11) is 0. The fourth-order valence-electron chi connectivity index (χ4n) is 1.42. The number of aliphatic carboxylic acids is 1. The Morgan fingerprint density at radius 3 is 2.50 bits per heavy atom. The highest BCUT2D eigenvalue weighted by atomic mass is 35.5. The number of carboxylic acids is 1. The van der Waals surface area contributed by atoms with Crippen LogP contribution in [0.3, 0.4) is 0 Å². The Morgan fingerprint density at radius 1 is 1.62 bits per heavy atom. The zero-order valence-electron chi connectivity index (χ0n) is 8.75. The van der Waals surface area contributed by atoms with Gasteiger partial charge in [0, 0.05) is 0 Å². The third-order valence-electron chi connectivity index (χ3n) is 2.28. The molecule has 0 amide bonds. The van der Waals surface area contributed by atoms with E-state index in [1.54, 1.807) is 6.92 Å². The summed E-state index contributed by atoms with van der Waals surface area (Å²) in [6.07, 6.45) is -2.56. The number of alkyl halides is 2. The Hall–Kier alpha value is -1.17. The van der Waals surface area contributed by atoms with Gasteiger partial charge < -0.3 is 5.11 Å². The van der Waals surface area contributed by atoms with Crippen LogP contribution in [0.4, 0.5) is 8.78 Å². The third kappa shape index (κ3) is 2.16. The molecule has 0 aliphatic rings. The van der Waals surface area contributed by atoms with Gasteiger partial charge in [0.2, 0.25) is 0 Å². The second kappa shape index (κ2) is 4.78. The highest BCUT2D eigenvalue weighted by molar-refractivity contribution is 6.31. The van der Waals surface area contributed by atoms with Gasteiger partial charge >= 0.3 is 5.97 Å². The van der Waals surface area contributed by atoms with E-state index in [9.17, 15) is 13.6 Å². The molecule has 1 atom stereocenters. The molecule has 0 radical (unpaired) electrons. The summed E-state index contributed by atoms with van der Waals surface area (Å²) in [5.74, 6) is -1.12. The summed E-state index contributed by atoms with van der Waals surface area (Å²) in [6, 6.07) is -0.968. The Morgan fingerprint density at radius 2 is 2.19 bits per heavy atom. The molecule has 1 heterocycles. The summed E-state index contributed by atoms with van der Waals surface area (Å²) in [5, 5.41) is 12.3. The van der Waals surface area contributed by atoms with Crippen molar-refractivity contribution in [2.24, 2.45) is 0 Å². The zero-order chi connectivity index (χ0) is 12.5. The molecule has 0 saturated carbocycles. The largest absolute Gasteiger partial charge is 0.480 e. The fourth-order valence-corrected chi connectivity index (χ4v) is 1.62. The van der Waals surface area contributed by atoms with Gasteiger partial charge in [-0.3, -0.25) is 4.68 Å². The van der Waals surface area contributed by atoms with Crippen LogP contribution in [0.5, 0.6) is 0 Å². The second-order valence-corrected chi connectivity index (χ2v) is 3.67. The summed E-state index contributed by atoms with van der Waals surface area (Å²) in [4.78, 5) is 10.9. The van der Waals surface area contributed by atoms with E-state index in [-0.39, 0.29) is 17.1 Å². The average molecular weight is 253 g/mol. The lowest BCUT2D eigenvalue weighted by molar-refractivity contribution is -0.141. The molecule has 0 bridgehead atoms. The highest BCUT2D eigenvalue weighted by Gasteiger charge is 2.26. The number of carboxylic acid groups (broad SMARTS) is 1. The Kier molecular flexibility index (Phi) is 3.85. The number of hydrogen-bond acceptors (Lipinski definition) is 2. The van der Waals surface area contributed by atoms with E-state index in [0.717, 1.165) is 4.68 Å². The SMILES string of the molecule is CC[C@H](C(=O)O)n1nc(C(F)F)c(Cl)c1C. The Labute approximate surface area is 95.8 Å². The topological polar surface area (TPSA) is 55.1 Å². The first-order chi connectivity index (χ1) is 7.40. The van der Waals surface area contributed by atoms with Gasteiger partial charge in [-0.25, -0.2) is 13.6 Å². The molecule has 16 heavy (non-hydrogen) atoms. The standard InChI is InChI=1S/C9H11ClF2N2O2/c1-3-5(9(15)16)14-4(2)6(10)7(13-14)8(11)12/h5,8H,3H2,1-2H3,(H,15,16)/t5-/m1/s1. The van der Waals surface area contributed by atoms with Gasteiger partial charge in [-0.1, -0.05) is 18.5 Å². The maximum Gasteiger partial charge on any atom is 0.328 e. The van der Waals surface area contributed by atoms with Gasteiger partial charge in [-0.15, -0.1) is 0 Å². The molecule has 0 aliphatic carbocycles. The van der Waals surface area contributed by atoms with Gasteiger partial charge in [0.1, 0.15) is 11.7 Å². The fraction of sp³-hybridized carbons (Fsp3) is 0.556. The molecule has 0 unspecified atom stereocenters. The zero-order valence-corrected chi connectivity index (χ0v) is 9.50. The summed E-state index contributed by atoms with van der Waals surface area (Å²) < 4.78 is 26.0. The van der Waals surface area contributed by atoms with Crippen molar-refractivity contribution in [2.75, 3.05) is 0 Å². The first kappa shape index (κ1) is 12.9. The van der Waals surface area contributed by atoms with E-state index < -0.39 is 24.1 Å². The van der Waals surface area contributed by atoms with Crippen LogP contribution in [0, 0.1) is 6.92 Å². The molecule has 4 nitrogen and oxygen atoms in total. The van der Waals surface area contributed by atoms with Crippen LogP contribution in [0.15, 0.2) is 0 Å². The van der Waals surface area contributed by atoms with Crippen molar-refractivity contribution in [1.29, 1.82) is 0 Å². The van der Waals surface area contributed by atoms with E-state index in [2.05, 4.69) is 5.10 Å². The van der Waals surface area contributed by atoms with E-state index in [4.69, 9.17) is 16.7 Å². The van der Waals surface area contributed by atoms with Gasteiger partial charge in [0.15, 0.2) is 0 Å². The van der Waals surface area contributed by atoms with E-state index in [0.29, 0.717) is 0 Å². The summed E-state index contributed by atoms with van der Waals surface area (Å²) in [5.41, 5.74) is -0.329. The van der Waals surface area contributed by atoms with E-state index in [1.807, 2.05) is 0 Å². The van der Waals surface area contributed by atoms with Gasteiger partial charge in [-0.2, -0.15) is 5.10 Å². The van der Waals surface area contributed by atoms with Gasteiger partial charge in [0.05, 0.1) is 10.7 Å². The smallest absolute Gasteiger partial charge is 0.328 e. The predicted octanol–water partition coefficient (Wildman–Crippen LogP) is 2.82. The molecule has 0 fully saturated rings. The predicted molar refractivity (Wildman–Crippen MR) is 53.9 cm³/mol. The minimum absolute atomic E-state index is 0.172. The molecule has 1 rings (SSSR count). The maximum atomic E-state index is 12.5. The molecule has 0 spiro atoms. The first-order valence-corrected chi connectivity index (χ1v) is 5.03. The van der Waals surface area contributed by atoms with Crippen molar-refractivity contribution in [1.82, 2.24) is 9.78 Å². The summed E-state index contributed by atoms with van der Waals surface area (Å²) in [6.45, 7) is 3.10. The molecule has 1 aromatic rings. The van der Waals surface area contributed by atoms with E-state index >= 15 is 0 Å². The lowest BCUT2D eigenvalue weighted by Crippen LogP contribution is -2.20. The quantitative estimate of drug-likeness (QED) is 0.896. The van der Waals surface area contributed by atoms with Crippen LogP contribution in [-0.4, -0.2) is 20.9 Å². The number of halogens is 3. The molecule has 0 saturated heterocycles. The molecular formula is C9H11ClF2N2O2. The molecule has 1 aromatic heterocycles. The summed E-state index contributed by atoms with van der Waals surface area (Å²) >= 11 is 5.66. The molecule has 1 N–H and O–H groups in total. The number of carbonyl (C=O) groups is 1. The van der Waals surface area contributed by atoms with Crippen LogP contribution in [0.1, 0.15) is 37.2 Å². The molecule has 0 aromatic carbocycles. The average Bonchev–Trinajstić information content (AvgIpc) is 2.47. The molecule has 0 aliphatic heterocycles. The Balaban J connectivity index is 3.24. The van der Waals surface area contributed by atoms with Crippen LogP contribution >= 0.6 is 11.6 Å². The van der Waals surface area contributed by atoms with Gasteiger partial charge in [0.25, 0.3) is 6.43 Å². The molecular weight excluding hydrogens is 242 g/mol. The lowest BCUT2D eigenvalue weighted by Gasteiger charge is -2.12.